The molecule has 1 aromatic carbocycles. The third-order valence-corrected chi connectivity index (χ3v) is 6.79. The summed E-state index contributed by atoms with van der Waals surface area (Å²) in [5.41, 5.74) is 2.06. The number of ether oxygens (including phenoxy) is 2. The largest absolute Gasteiger partial charge is 0.493 e. The van der Waals surface area contributed by atoms with Gasteiger partial charge in [-0.05, 0) is 37.6 Å². The summed E-state index contributed by atoms with van der Waals surface area (Å²) in [6.45, 7) is 4.81. The molecule has 5 nitrogen and oxygen atoms in total. The molecule has 3 heterocycles. The van der Waals surface area contributed by atoms with E-state index in [-0.39, 0.29) is 12.1 Å². The summed E-state index contributed by atoms with van der Waals surface area (Å²) in [6.07, 6.45) is 2.91. The maximum absolute atomic E-state index is 6.08. The van der Waals surface area contributed by atoms with Crippen LogP contribution in [-0.2, 0) is 0 Å². The number of nitrogens with zero attached hydrogens (tertiary/aromatic N) is 3. The van der Waals surface area contributed by atoms with Gasteiger partial charge in [0, 0.05) is 28.0 Å². The average molecular weight is 462 g/mol. The zero-order chi connectivity index (χ0) is 19.7. The summed E-state index contributed by atoms with van der Waals surface area (Å²) in [5, 5.41) is 1.11. The highest BCUT2D eigenvalue weighted by Crippen LogP contribution is 2.52. The molecule has 0 unspecified atom stereocenters. The van der Waals surface area contributed by atoms with Crippen LogP contribution in [0.3, 0.4) is 0 Å². The molecular formula is C21H24BrN3O2S. The molecule has 4 rings (SSSR count). The Kier molecular flexibility index (Phi) is 5.83. The first-order valence-electron chi connectivity index (χ1n) is 9.58. The Morgan fingerprint density at radius 1 is 1.29 bits per heavy atom. The minimum absolute atomic E-state index is 0.0257. The van der Waals surface area contributed by atoms with E-state index in [1.54, 1.807) is 7.11 Å². The van der Waals surface area contributed by atoms with Crippen LogP contribution in [0, 0.1) is 0 Å². The zero-order valence-electron chi connectivity index (χ0n) is 16.3. The molecule has 0 saturated carbocycles. The summed E-state index contributed by atoms with van der Waals surface area (Å²) in [7, 11) is 1.68. The summed E-state index contributed by atoms with van der Waals surface area (Å²) in [5.74, 6) is 2.59. The van der Waals surface area contributed by atoms with Gasteiger partial charge in [0.2, 0.25) is 0 Å². The number of hydrogen-bond acceptors (Lipinski definition) is 6. The van der Waals surface area contributed by atoms with E-state index in [2.05, 4.69) is 44.9 Å². The first-order valence-corrected chi connectivity index (χ1v) is 11.4. The normalized spacial score (nSPS) is 23.5. The molecule has 0 N–H and O–H groups in total. The van der Waals surface area contributed by atoms with E-state index in [0.717, 1.165) is 44.6 Å². The molecule has 7 heteroatoms. The maximum Gasteiger partial charge on any atom is 0.166 e. The van der Waals surface area contributed by atoms with Gasteiger partial charge in [0.25, 0.3) is 0 Å². The summed E-state index contributed by atoms with van der Waals surface area (Å²) >= 11 is 5.50. The van der Waals surface area contributed by atoms with Crippen LogP contribution in [0.4, 0.5) is 0 Å². The number of halogens is 1. The SMILES string of the molecule is CCOc1c(OC)cc(Br)cc1[C@@H]1[C@H](c2ccccn2)N=C2SC[C@@H](CC)N21. The van der Waals surface area contributed by atoms with Crippen molar-refractivity contribution in [3.8, 4) is 11.5 Å². The van der Waals surface area contributed by atoms with Gasteiger partial charge in [-0.25, -0.2) is 0 Å². The highest BCUT2D eigenvalue weighted by molar-refractivity contribution is 9.10. The number of fused-ring (bicyclic) bond motifs is 1. The van der Waals surface area contributed by atoms with E-state index in [9.17, 15) is 0 Å². The van der Waals surface area contributed by atoms with Crippen molar-refractivity contribution in [3.63, 3.8) is 0 Å². The van der Waals surface area contributed by atoms with Crippen LogP contribution in [-0.4, -0.2) is 40.6 Å². The van der Waals surface area contributed by atoms with Gasteiger partial charge >= 0.3 is 0 Å². The van der Waals surface area contributed by atoms with Gasteiger partial charge in [0.1, 0.15) is 6.04 Å². The van der Waals surface area contributed by atoms with Crippen molar-refractivity contribution in [3.05, 3.63) is 52.3 Å². The lowest BCUT2D eigenvalue weighted by Gasteiger charge is -2.33. The molecule has 148 valence electrons. The van der Waals surface area contributed by atoms with Gasteiger partial charge in [-0.2, -0.15) is 0 Å². The van der Waals surface area contributed by atoms with Gasteiger partial charge < -0.3 is 14.4 Å². The third-order valence-electron chi connectivity index (χ3n) is 5.21. The van der Waals surface area contributed by atoms with Crippen molar-refractivity contribution in [1.82, 2.24) is 9.88 Å². The first-order chi connectivity index (χ1) is 13.7. The molecule has 2 aliphatic heterocycles. The molecule has 0 spiro atoms. The minimum atomic E-state index is -0.0729. The number of benzene rings is 1. The van der Waals surface area contributed by atoms with Gasteiger partial charge in [-0.3, -0.25) is 9.98 Å². The smallest absolute Gasteiger partial charge is 0.166 e. The van der Waals surface area contributed by atoms with Crippen molar-refractivity contribution < 1.29 is 9.47 Å². The summed E-state index contributed by atoms with van der Waals surface area (Å²) in [6, 6.07) is 10.5. The van der Waals surface area contributed by atoms with E-state index in [0.29, 0.717) is 12.6 Å². The fraction of sp³-hybridized carbons (Fsp3) is 0.429. The Labute approximate surface area is 178 Å². The van der Waals surface area contributed by atoms with Crippen molar-refractivity contribution in [1.29, 1.82) is 0 Å². The molecule has 0 bridgehead atoms. The minimum Gasteiger partial charge on any atom is -0.493 e. The van der Waals surface area contributed by atoms with Crippen LogP contribution < -0.4 is 9.47 Å². The number of aliphatic imine (C=N–C) groups is 1. The molecule has 1 saturated heterocycles. The van der Waals surface area contributed by atoms with E-state index in [4.69, 9.17) is 14.5 Å². The van der Waals surface area contributed by atoms with Crippen LogP contribution in [0.1, 0.15) is 43.6 Å². The molecule has 0 amide bonds. The Bertz CT molecular complexity index is 877. The Morgan fingerprint density at radius 3 is 2.82 bits per heavy atom. The van der Waals surface area contributed by atoms with E-state index in [1.165, 1.54) is 0 Å². The molecule has 28 heavy (non-hydrogen) atoms. The van der Waals surface area contributed by atoms with Crippen LogP contribution in [0.2, 0.25) is 0 Å². The van der Waals surface area contributed by atoms with Gasteiger partial charge in [0.15, 0.2) is 16.7 Å². The Morgan fingerprint density at radius 2 is 2.14 bits per heavy atom. The van der Waals surface area contributed by atoms with Gasteiger partial charge in [-0.1, -0.05) is 40.7 Å². The lowest BCUT2D eigenvalue weighted by atomic mass is 9.94. The predicted octanol–water partition coefficient (Wildman–Crippen LogP) is 5.23. The number of methoxy groups -OCH3 is 1. The predicted molar refractivity (Wildman–Crippen MR) is 117 cm³/mol. The highest BCUT2D eigenvalue weighted by atomic mass is 79.9. The van der Waals surface area contributed by atoms with Crippen molar-refractivity contribution in [2.75, 3.05) is 19.5 Å². The third kappa shape index (κ3) is 3.39. The van der Waals surface area contributed by atoms with E-state index < -0.39 is 0 Å². The molecule has 3 atom stereocenters. The number of rotatable bonds is 6. The number of amidine groups is 1. The second kappa shape index (κ2) is 8.33. The summed E-state index contributed by atoms with van der Waals surface area (Å²) < 4.78 is 12.7. The standard InChI is InChI=1S/C21H24BrN3O2S/c1-4-14-12-28-21-24-18(16-8-6-7-9-23-16)19(25(14)21)15-10-13(22)11-17(26-3)20(15)27-5-2/h6-11,14,18-19H,4-5,12H2,1-3H3/t14-,18+,19-/m1/s1. The Hall–Kier alpha value is -1.73. The van der Waals surface area contributed by atoms with Gasteiger partial charge in [-0.15, -0.1) is 0 Å². The lowest BCUT2D eigenvalue weighted by Crippen LogP contribution is -2.35. The quantitative estimate of drug-likeness (QED) is 0.588. The lowest BCUT2D eigenvalue weighted by molar-refractivity contribution is 0.240. The molecule has 0 radical (unpaired) electrons. The number of thioether (sulfide) groups is 1. The molecular weight excluding hydrogens is 438 g/mol. The van der Waals surface area contributed by atoms with Crippen LogP contribution >= 0.6 is 27.7 Å². The van der Waals surface area contributed by atoms with Crippen LogP contribution in [0.15, 0.2) is 46.0 Å². The first kappa shape index (κ1) is 19.6. The molecule has 2 aromatic rings. The molecule has 1 aromatic heterocycles. The highest BCUT2D eigenvalue weighted by Gasteiger charge is 2.46. The average Bonchev–Trinajstić information content (AvgIpc) is 3.28. The van der Waals surface area contributed by atoms with Crippen molar-refractivity contribution in [2.45, 2.75) is 38.4 Å². The fourth-order valence-corrected chi connectivity index (χ4v) is 5.74. The second-order valence-electron chi connectivity index (χ2n) is 6.80. The number of hydrogen-bond donors (Lipinski definition) is 0. The van der Waals surface area contributed by atoms with Crippen LogP contribution in [0.25, 0.3) is 0 Å². The number of pyridine rings is 1. The fourth-order valence-electron chi connectivity index (χ4n) is 3.95. The zero-order valence-corrected chi connectivity index (χ0v) is 18.7. The molecule has 2 aliphatic rings. The Balaban J connectivity index is 1.88. The topological polar surface area (TPSA) is 47.0 Å². The monoisotopic (exact) mass is 461 g/mol. The van der Waals surface area contributed by atoms with Crippen molar-refractivity contribution in [2.24, 2.45) is 4.99 Å². The molecule has 0 aliphatic carbocycles. The van der Waals surface area contributed by atoms with Crippen LogP contribution in [0.5, 0.6) is 11.5 Å². The van der Waals surface area contributed by atoms with E-state index in [1.807, 2.05) is 43.1 Å². The van der Waals surface area contributed by atoms with E-state index >= 15 is 0 Å². The summed E-state index contributed by atoms with van der Waals surface area (Å²) in [4.78, 5) is 12.2. The number of aromatic nitrogens is 1. The second-order valence-corrected chi connectivity index (χ2v) is 8.70. The molecule has 1 fully saturated rings. The maximum atomic E-state index is 6.08. The van der Waals surface area contributed by atoms with Gasteiger partial charge in [0.05, 0.1) is 25.5 Å². The van der Waals surface area contributed by atoms with Crippen molar-refractivity contribution >= 4 is 32.9 Å².